The van der Waals surface area contributed by atoms with Gasteiger partial charge in [-0.2, -0.15) is 0 Å². The van der Waals surface area contributed by atoms with E-state index < -0.39 is 5.97 Å². The van der Waals surface area contributed by atoms with Gasteiger partial charge in [-0.25, -0.2) is 0 Å². The van der Waals surface area contributed by atoms with Crippen molar-refractivity contribution in [3.63, 3.8) is 0 Å². The van der Waals surface area contributed by atoms with Crippen molar-refractivity contribution in [1.29, 1.82) is 0 Å². The van der Waals surface area contributed by atoms with Gasteiger partial charge in [0.1, 0.15) is 0 Å². The Bertz CT molecular complexity index is 285. The predicted molar refractivity (Wildman–Crippen MR) is 76.3 cm³/mol. The highest BCUT2D eigenvalue weighted by Crippen LogP contribution is 2.38. The first-order valence-corrected chi connectivity index (χ1v) is 7.36. The van der Waals surface area contributed by atoms with E-state index in [4.69, 9.17) is 4.74 Å². The van der Waals surface area contributed by atoms with Crippen LogP contribution in [0.25, 0.3) is 0 Å². The molecule has 1 saturated carbocycles. The molecule has 4 heteroatoms. The molecule has 1 aliphatic rings. The number of aliphatic carboxylic acids is 1. The lowest BCUT2D eigenvalue weighted by molar-refractivity contribution is -0.142. The van der Waals surface area contributed by atoms with Crippen LogP contribution in [0.15, 0.2) is 0 Å². The maximum Gasteiger partial charge on any atom is 0.305 e. The lowest BCUT2D eigenvalue weighted by Gasteiger charge is -2.48. The summed E-state index contributed by atoms with van der Waals surface area (Å²) in [6, 6.07) is 0.280. The molecule has 1 unspecified atom stereocenters. The van der Waals surface area contributed by atoms with Crippen LogP contribution >= 0.6 is 0 Å². The Labute approximate surface area is 117 Å². The summed E-state index contributed by atoms with van der Waals surface area (Å²) in [5.74, 6) is -0.230. The standard InChI is InChI=1S/C15H29NO3/c1-12(2)13(11-19-4)16(3)15(10-14(17)18)8-6-5-7-9-15/h12-13H,5-11H2,1-4H3,(H,17,18). The van der Waals surface area contributed by atoms with Crippen LogP contribution in [0.5, 0.6) is 0 Å². The van der Waals surface area contributed by atoms with Gasteiger partial charge in [0, 0.05) is 18.7 Å². The number of hydrogen-bond donors (Lipinski definition) is 1. The largest absolute Gasteiger partial charge is 0.481 e. The van der Waals surface area contributed by atoms with Gasteiger partial charge in [-0.05, 0) is 25.8 Å². The number of carbonyl (C=O) groups is 1. The average Bonchev–Trinajstić information content (AvgIpc) is 2.35. The SMILES string of the molecule is COCC(C(C)C)N(C)C1(CC(=O)O)CCCCC1. The highest BCUT2D eigenvalue weighted by atomic mass is 16.5. The third kappa shape index (κ3) is 4.18. The van der Waals surface area contributed by atoms with Crippen molar-refractivity contribution in [2.24, 2.45) is 5.92 Å². The fourth-order valence-corrected chi connectivity index (χ4v) is 3.42. The van der Waals surface area contributed by atoms with Crippen molar-refractivity contribution >= 4 is 5.97 Å². The second-order valence-electron chi connectivity index (χ2n) is 6.23. The molecule has 1 rings (SSSR count). The van der Waals surface area contributed by atoms with Gasteiger partial charge in [0.05, 0.1) is 13.0 Å². The summed E-state index contributed by atoms with van der Waals surface area (Å²) in [7, 11) is 3.80. The minimum atomic E-state index is -0.686. The summed E-state index contributed by atoms with van der Waals surface area (Å²) in [5.41, 5.74) is -0.183. The van der Waals surface area contributed by atoms with Crippen molar-refractivity contribution in [3.8, 4) is 0 Å². The third-order valence-electron chi connectivity index (χ3n) is 4.62. The van der Waals surface area contributed by atoms with Crippen LogP contribution < -0.4 is 0 Å². The minimum absolute atomic E-state index is 0.183. The molecule has 1 atom stereocenters. The van der Waals surface area contributed by atoms with Gasteiger partial charge in [0.25, 0.3) is 0 Å². The number of nitrogens with zero attached hydrogens (tertiary/aromatic N) is 1. The maximum atomic E-state index is 11.3. The molecular weight excluding hydrogens is 242 g/mol. The zero-order valence-electron chi connectivity index (χ0n) is 12.8. The van der Waals surface area contributed by atoms with Crippen molar-refractivity contribution in [2.45, 2.75) is 64.0 Å². The molecule has 0 aliphatic heterocycles. The monoisotopic (exact) mass is 271 g/mol. The fourth-order valence-electron chi connectivity index (χ4n) is 3.42. The number of likely N-dealkylation sites (N-methyl/N-ethyl adjacent to an activating group) is 1. The first-order valence-electron chi connectivity index (χ1n) is 7.36. The van der Waals surface area contributed by atoms with Gasteiger partial charge in [-0.3, -0.25) is 9.69 Å². The summed E-state index contributed by atoms with van der Waals surface area (Å²) in [5, 5.41) is 9.27. The quantitative estimate of drug-likeness (QED) is 0.773. The van der Waals surface area contributed by atoms with E-state index in [0.717, 1.165) is 25.7 Å². The van der Waals surface area contributed by atoms with Gasteiger partial charge >= 0.3 is 5.97 Å². The second-order valence-corrected chi connectivity index (χ2v) is 6.23. The van der Waals surface area contributed by atoms with Crippen LogP contribution in [0.4, 0.5) is 0 Å². The summed E-state index contributed by atoms with van der Waals surface area (Å²) < 4.78 is 5.34. The predicted octanol–water partition coefficient (Wildman–Crippen LogP) is 2.77. The fraction of sp³-hybridized carbons (Fsp3) is 0.933. The Balaban J connectivity index is 2.91. The van der Waals surface area contributed by atoms with Crippen LogP contribution in [-0.4, -0.2) is 48.3 Å². The molecule has 0 aromatic carbocycles. The van der Waals surface area contributed by atoms with Gasteiger partial charge in [-0.1, -0.05) is 33.1 Å². The molecule has 1 aliphatic carbocycles. The second kappa shape index (κ2) is 7.25. The summed E-state index contributed by atoms with van der Waals surface area (Å²) in [6.07, 6.45) is 5.72. The highest BCUT2D eigenvalue weighted by molar-refractivity contribution is 5.68. The normalized spacial score (nSPS) is 20.7. The molecule has 0 saturated heterocycles. The van der Waals surface area contributed by atoms with Crippen LogP contribution in [0.3, 0.4) is 0 Å². The Morgan fingerprint density at radius 1 is 1.32 bits per heavy atom. The van der Waals surface area contributed by atoms with Gasteiger partial charge in [0.2, 0.25) is 0 Å². The molecule has 1 N–H and O–H groups in total. The lowest BCUT2D eigenvalue weighted by atomic mass is 9.76. The number of carboxylic acid groups (broad SMARTS) is 1. The number of rotatable bonds is 7. The van der Waals surface area contributed by atoms with Crippen LogP contribution in [0, 0.1) is 5.92 Å². The van der Waals surface area contributed by atoms with Crippen LogP contribution in [-0.2, 0) is 9.53 Å². The maximum absolute atomic E-state index is 11.3. The molecular formula is C15H29NO3. The lowest BCUT2D eigenvalue weighted by Crippen LogP contribution is -2.56. The molecule has 0 heterocycles. The van der Waals surface area contributed by atoms with Crippen molar-refractivity contribution < 1.29 is 14.6 Å². The first-order chi connectivity index (χ1) is 8.93. The van der Waals surface area contributed by atoms with E-state index in [2.05, 4.69) is 25.8 Å². The topological polar surface area (TPSA) is 49.8 Å². The minimum Gasteiger partial charge on any atom is -0.481 e. The molecule has 0 aromatic heterocycles. The Morgan fingerprint density at radius 3 is 2.32 bits per heavy atom. The summed E-state index contributed by atoms with van der Waals surface area (Å²) >= 11 is 0. The molecule has 0 aromatic rings. The molecule has 0 bridgehead atoms. The van der Waals surface area contributed by atoms with E-state index in [1.165, 1.54) is 6.42 Å². The number of methoxy groups -OCH3 is 1. The van der Waals surface area contributed by atoms with E-state index in [0.29, 0.717) is 12.5 Å². The molecule has 4 nitrogen and oxygen atoms in total. The highest BCUT2D eigenvalue weighted by Gasteiger charge is 2.41. The van der Waals surface area contributed by atoms with Crippen molar-refractivity contribution in [3.05, 3.63) is 0 Å². The van der Waals surface area contributed by atoms with E-state index in [-0.39, 0.29) is 18.0 Å². The molecule has 0 radical (unpaired) electrons. The van der Waals surface area contributed by atoms with Crippen molar-refractivity contribution in [2.75, 3.05) is 20.8 Å². The Morgan fingerprint density at radius 2 is 1.89 bits per heavy atom. The number of carboxylic acids is 1. The average molecular weight is 271 g/mol. The summed E-state index contributed by atoms with van der Waals surface area (Å²) in [4.78, 5) is 13.6. The molecule has 19 heavy (non-hydrogen) atoms. The zero-order valence-corrected chi connectivity index (χ0v) is 12.8. The van der Waals surface area contributed by atoms with Crippen LogP contribution in [0.2, 0.25) is 0 Å². The number of hydrogen-bond acceptors (Lipinski definition) is 3. The van der Waals surface area contributed by atoms with Crippen molar-refractivity contribution in [1.82, 2.24) is 4.90 Å². The van der Waals surface area contributed by atoms with Gasteiger partial charge < -0.3 is 9.84 Å². The Kier molecular flexibility index (Phi) is 6.27. The molecule has 112 valence electrons. The Hall–Kier alpha value is -0.610. The van der Waals surface area contributed by atoms with Gasteiger partial charge in [0.15, 0.2) is 0 Å². The van der Waals surface area contributed by atoms with Gasteiger partial charge in [-0.15, -0.1) is 0 Å². The zero-order chi connectivity index (χ0) is 14.5. The third-order valence-corrected chi connectivity index (χ3v) is 4.62. The molecule has 1 fully saturated rings. The smallest absolute Gasteiger partial charge is 0.305 e. The molecule has 0 spiro atoms. The van der Waals surface area contributed by atoms with E-state index >= 15 is 0 Å². The number of ether oxygens (including phenoxy) is 1. The van der Waals surface area contributed by atoms with Crippen LogP contribution in [0.1, 0.15) is 52.4 Å². The van der Waals surface area contributed by atoms with E-state index in [1.807, 2.05) is 0 Å². The first kappa shape index (κ1) is 16.4. The summed E-state index contributed by atoms with van der Waals surface area (Å²) in [6.45, 7) is 5.02. The van der Waals surface area contributed by atoms with E-state index in [1.54, 1.807) is 7.11 Å². The molecule has 0 amide bonds. The van der Waals surface area contributed by atoms with E-state index in [9.17, 15) is 9.90 Å².